The summed E-state index contributed by atoms with van der Waals surface area (Å²) in [7, 11) is 0. The average molecular weight is 611 g/mol. The summed E-state index contributed by atoms with van der Waals surface area (Å²) in [6.45, 7) is 4.04. The lowest BCUT2D eigenvalue weighted by Crippen LogP contribution is -2.31. The molecule has 2 unspecified atom stereocenters. The number of hydrogen-bond donors (Lipinski definition) is 4. The highest BCUT2D eigenvalue weighted by atomic mass is 16.5. The molecule has 250 valence electrons. The molecule has 8 heteroatoms. The second kappa shape index (κ2) is 22.2. The number of ether oxygens (including phenoxy) is 2. The molecular weight excluding hydrogens is 548 g/mol. The highest BCUT2D eigenvalue weighted by Gasteiger charge is 2.34. The van der Waals surface area contributed by atoms with Crippen molar-refractivity contribution in [2.24, 2.45) is 0 Å². The third-order valence-electron chi connectivity index (χ3n) is 9.11. The van der Waals surface area contributed by atoms with Crippen LogP contribution in [0.4, 0.5) is 0 Å². The Morgan fingerprint density at radius 3 is 1.81 bits per heavy atom. The molecule has 4 N–H and O–H groups in total. The summed E-state index contributed by atoms with van der Waals surface area (Å²) in [4.78, 5) is 23.7. The van der Waals surface area contributed by atoms with Crippen LogP contribution in [0.2, 0.25) is 0 Å². The molecule has 0 aromatic carbocycles. The van der Waals surface area contributed by atoms with Crippen molar-refractivity contribution in [3.05, 3.63) is 11.6 Å². The molecule has 1 fully saturated rings. The minimum Gasteiger partial charge on any atom is -0.455 e. The number of carbonyl (C=O) groups is 2. The van der Waals surface area contributed by atoms with Gasteiger partial charge in [-0.25, -0.2) is 4.79 Å². The first-order chi connectivity index (χ1) is 20.7. The van der Waals surface area contributed by atoms with Crippen molar-refractivity contribution in [2.45, 2.75) is 198 Å². The van der Waals surface area contributed by atoms with Crippen LogP contribution >= 0.6 is 0 Å². The zero-order chi connectivity index (χ0) is 31.5. The molecule has 2 aliphatic rings. The highest BCUT2D eigenvalue weighted by Crippen LogP contribution is 2.28. The Hall–Kier alpha value is -1.32. The average Bonchev–Trinajstić information content (AvgIpc) is 3.61. The molecule has 2 aliphatic heterocycles. The quantitative estimate of drug-likeness (QED) is 0.0668. The van der Waals surface area contributed by atoms with E-state index >= 15 is 0 Å². The molecule has 2 heterocycles. The van der Waals surface area contributed by atoms with Crippen molar-refractivity contribution < 1.29 is 39.5 Å². The van der Waals surface area contributed by atoms with Gasteiger partial charge in [0.05, 0.1) is 36.6 Å². The number of aliphatic hydroxyl groups is 4. The van der Waals surface area contributed by atoms with Gasteiger partial charge in [0, 0.05) is 18.4 Å². The Morgan fingerprint density at radius 1 is 0.744 bits per heavy atom. The summed E-state index contributed by atoms with van der Waals surface area (Å²) >= 11 is 0. The number of rotatable bonds is 26. The molecule has 0 aromatic heterocycles. The maximum Gasteiger partial charge on any atom is 0.334 e. The van der Waals surface area contributed by atoms with Crippen LogP contribution in [0.1, 0.15) is 155 Å². The SMILES string of the molecule is CCCCCCCCCCCC[C@@H](O)[C@H]1CC[C@H]([C@H](O)CCCC(O)C(O)CCCCC(=O)CCC2=C[C@H](C)OC2=O)O1. The van der Waals surface area contributed by atoms with Gasteiger partial charge in [0.25, 0.3) is 0 Å². The van der Waals surface area contributed by atoms with E-state index in [0.717, 1.165) is 32.1 Å². The van der Waals surface area contributed by atoms with Crippen molar-refractivity contribution in [1.82, 2.24) is 0 Å². The van der Waals surface area contributed by atoms with E-state index in [1.165, 1.54) is 51.4 Å². The third-order valence-corrected chi connectivity index (χ3v) is 9.11. The third kappa shape index (κ3) is 16.0. The van der Waals surface area contributed by atoms with Gasteiger partial charge in [-0.3, -0.25) is 4.79 Å². The molecule has 0 aromatic rings. The first kappa shape index (κ1) is 37.9. The Labute approximate surface area is 260 Å². The molecule has 1 saturated heterocycles. The lowest BCUT2D eigenvalue weighted by molar-refractivity contribution is -0.139. The fourth-order valence-corrected chi connectivity index (χ4v) is 6.28. The number of Topliss-reactive ketones (excluding diaryl/α,β-unsaturated/α-hetero) is 1. The molecule has 2 rings (SSSR count). The monoisotopic (exact) mass is 610 g/mol. The number of carbonyl (C=O) groups excluding carboxylic acids is 2. The second-order valence-electron chi connectivity index (χ2n) is 13.0. The molecule has 43 heavy (non-hydrogen) atoms. The van der Waals surface area contributed by atoms with Crippen molar-refractivity contribution in [1.29, 1.82) is 0 Å². The summed E-state index contributed by atoms with van der Waals surface area (Å²) in [5, 5.41) is 41.9. The van der Waals surface area contributed by atoms with E-state index in [1.54, 1.807) is 13.0 Å². The van der Waals surface area contributed by atoms with Gasteiger partial charge in [-0.1, -0.05) is 77.6 Å². The minimum atomic E-state index is -0.870. The molecule has 0 aliphatic carbocycles. The predicted molar refractivity (Wildman–Crippen MR) is 169 cm³/mol. The summed E-state index contributed by atoms with van der Waals surface area (Å²) in [5.74, 6) is -0.251. The lowest BCUT2D eigenvalue weighted by atomic mass is 9.97. The predicted octanol–water partition coefficient (Wildman–Crippen LogP) is 6.24. The van der Waals surface area contributed by atoms with Gasteiger partial charge in [0.15, 0.2) is 0 Å². The van der Waals surface area contributed by atoms with Crippen LogP contribution in [-0.2, 0) is 19.1 Å². The van der Waals surface area contributed by atoms with Crippen LogP contribution in [0.3, 0.4) is 0 Å². The number of cyclic esters (lactones) is 1. The van der Waals surface area contributed by atoms with Crippen LogP contribution in [0.25, 0.3) is 0 Å². The molecule has 0 amide bonds. The number of aliphatic hydroxyl groups excluding tert-OH is 4. The van der Waals surface area contributed by atoms with Gasteiger partial charge < -0.3 is 29.9 Å². The number of hydrogen-bond acceptors (Lipinski definition) is 8. The van der Waals surface area contributed by atoms with Crippen molar-refractivity contribution in [2.75, 3.05) is 0 Å². The normalized spacial score (nSPS) is 23.2. The first-order valence-electron chi connectivity index (χ1n) is 17.5. The van der Waals surface area contributed by atoms with Gasteiger partial charge in [-0.05, 0) is 70.8 Å². The first-order valence-corrected chi connectivity index (χ1v) is 17.5. The van der Waals surface area contributed by atoms with Gasteiger partial charge in [-0.2, -0.15) is 0 Å². The fraction of sp³-hybridized carbons (Fsp3) is 0.886. The van der Waals surface area contributed by atoms with Gasteiger partial charge in [0.1, 0.15) is 11.9 Å². The molecule has 0 radical (unpaired) electrons. The van der Waals surface area contributed by atoms with E-state index < -0.39 is 24.4 Å². The van der Waals surface area contributed by atoms with E-state index in [1.807, 2.05) is 0 Å². The topological polar surface area (TPSA) is 134 Å². The van der Waals surface area contributed by atoms with Gasteiger partial charge in [-0.15, -0.1) is 0 Å². The Bertz CT molecular complexity index is 799. The largest absolute Gasteiger partial charge is 0.455 e. The fourth-order valence-electron chi connectivity index (χ4n) is 6.28. The standard InChI is InChI=1S/C35H62O8/c1-3-4-5-6-7-8-9-10-11-12-18-31(39)33-23-24-34(43-33)32(40)20-15-19-30(38)29(37)17-14-13-16-28(36)22-21-27-25-26(2)42-35(27)41/h25-26,29-34,37-40H,3-24H2,1-2H3/t26-,29?,30?,31+,32+,33+,34+/m0/s1. The zero-order valence-electron chi connectivity index (χ0n) is 27.1. The Balaban J connectivity index is 1.46. The zero-order valence-corrected chi connectivity index (χ0v) is 27.1. The van der Waals surface area contributed by atoms with Crippen molar-refractivity contribution >= 4 is 11.8 Å². The van der Waals surface area contributed by atoms with Crippen LogP contribution in [-0.4, -0.2) is 74.9 Å². The Kier molecular flexibility index (Phi) is 19.6. The highest BCUT2D eigenvalue weighted by molar-refractivity contribution is 5.91. The maximum absolute atomic E-state index is 12.1. The second-order valence-corrected chi connectivity index (χ2v) is 13.0. The number of unbranched alkanes of at least 4 members (excludes halogenated alkanes) is 10. The minimum absolute atomic E-state index is 0.0833. The maximum atomic E-state index is 12.1. The molecule has 8 nitrogen and oxygen atoms in total. The molecule has 0 saturated carbocycles. The number of ketones is 1. The van der Waals surface area contributed by atoms with E-state index in [9.17, 15) is 30.0 Å². The van der Waals surface area contributed by atoms with E-state index in [4.69, 9.17) is 9.47 Å². The van der Waals surface area contributed by atoms with Gasteiger partial charge in [0.2, 0.25) is 0 Å². The lowest BCUT2D eigenvalue weighted by Gasteiger charge is -2.23. The summed E-state index contributed by atoms with van der Waals surface area (Å²) in [5.41, 5.74) is 0.570. The van der Waals surface area contributed by atoms with Crippen molar-refractivity contribution in [3.63, 3.8) is 0 Å². The van der Waals surface area contributed by atoms with E-state index in [-0.39, 0.29) is 30.1 Å². The molecule has 7 atom stereocenters. The smallest absolute Gasteiger partial charge is 0.334 e. The Morgan fingerprint density at radius 2 is 1.26 bits per heavy atom. The van der Waals surface area contributed by atoms with Crippen LogP contribution < -0.4 is 0 Å². The van der Waals surface area contributed by atoms with Crippen LogP contribution in [0.15, 0.2) is 11.6 Å². The summed E-state index contributed by atoms with van der Waals surface area (Å²) < 4.78 is 11.0. The molecule has 0 spiro atoms. The van der Waals surface area contributed by atoms with Crippen molar-refractivity contribution in [3.8, 4) is 0 Å². The van der Waals surface area contributed by atoms with E-state index in [2.05, 4.69) is 6.92 Å². The summed E-state index contributed by atoms with van der Waals surface area (Å²) in [6, 6.07) is 0. The number of esters is 1. The summed E-state index contributed by atoms with van der Waals surface area (Å²) in [6.07, 6.45) is 17.3. The van der Waals surface area contributed by atoms with Crippen LogP contribution in [0, 0.1) is 0 Å². The molecule has 0 bridgehead atoms. The molecular formula is C35H62O8. The van der Waals surface area contributed by atoms with Gasteiger partial charge >= 0.3 is 5.97 Å². The van der Waals surface area contributed by atoms with E-state index in [0.29, 0.717) is 63.4 Å². The van der Waals surface area contributed by atoms with Crippen LogP contribution in [0.5, 0.6) is 0 Å².